The zero-order valence-electron chi connectivity index (χ0n) is 13.8. The van der Waals surface area contributed by atoms with Crippen molar-refractivity contribution in [3.63, 3.8) is 0 Å². The van der Waals surface area contributed by atoms with Gasteiger partial charge in [0.1, 0.15) is 11.3 Å². The third kappa shape index (κ3) is 3.37. The van der Waals surface area contributed by atoms with Gasteiger partial charge in [-0.2, -0.15) is 5.10 Å². The Kier molecular flexibility index (Phi) is 4.74. The van der Waals surface area contributed by atoms with E-state index < -0.39 is 0 Å². The highest BCUT2D eigenvalue weighted by atomic mass is 16.5. The maximum absolute atomic E-state index is 12.5. The lowest BCUT2D eigenvalue weighted by atomic mass is 10.1. The zero-order valence-corrected chi connectivity index (χ0v) is 13.8. The molecule has 0 saturated heterocycles. The van der Waals surface area contributed by atoms with Crippen LogP contribution in [-0.2, 0) is 19.5 Å². The molecule has 1 amide bonds. The molecule has 0 unspecified atom stereocenters. The van der Waals surface area contributed by atoms with Crippen molar-refractivity contribution in [3.05, 3.63) is 70.9 Å². The molecule has 2 aromatic heterocycles. The number of amides is 1. The first-order valence-corrected chi connectivity index (χ1v) is 7.96. The van der Waals surface area contributed by atoms with Crippen LogP contribution < -0.4 is 5.32 Å². The molecule has 3 aromatic rings. The molecule has 0 bridgehead atoms. The lowest BCUT2D eigenvalue weighted by molar-refractivity contribution is 0.0948. The van der Waals surface area contributed by atoms with E-state index in [1.165, 1.54) is 0 Å². The van der Waals surface area contributed by atoms with Crippen LogP contribution in [-0.4, -0.2) is 20.8 Å². The summed E-state index contributed by atoms with van der Waals surface area (Å²) in [5.74, 6) is 0.397. The first-order valence-electron chi connectivity index (χ1n) is 7.96. The fraction of sp³-hybridized carbons (Fsp3) is 0.278. The van der Waals surface area contributed by atoms with E-state index in [9.17, 15) is 4.79 Å². The van der Waals surface area contributed by atoms with Crippen LogP contribution in [0.3, 0.4) is 0 Å². The molecule has 0 aliphatic heterocycles. The smallest absolute Gasteiger partial charge is 0.257 e. The van der Waals surface area contributed by atoms with Crippen LogP contribution in [0.4, 0.5) is 0 Å². The summed E-state index contributed by atoms with van der Waals surface area (Å²) in [4.78, 5) is 12.5. The number of carbonyl (C=O) groups excluding carboxylic acids is 1. The van der Waals surface area contributed by atoms with Crippen LogP contribution in [0.2, 0.25) is 0 Å². The van der Waals surface area contributed by atoms with Gasteiger partial charge in [0.2, 0.25) is 0 Å². The van der Waals surface area contributed by atoms with Crippen LogP contribution in [0.1, 0.15) is 39.9 Å². The second-order valence-electron chi connectivity index (χ2n) is 5.57. The molecule has 0 spiro atoms. The van der Waals surface area contributed by atoms with Gasteiger partial charge in [-0.15, -0.1) is 0 Å². The van der Waals surface area contributed by atoms with Crippen molar-refractivity contribution in [1.29, 1.82) is 0 Å². The van der Waals surface area contributed by atoms with Crippen LogP contribution in [0, 0.1) is 6.92 Å². The van der Waals surface area contributed by atoms with Gasteiger partial charge < -0.3 is 9.84 Å². The average molecular weight is 324 g/mol. The quantitative estimate of drug-likeness (QED) is 0.756. The van der Waals surface area contributed by atoms with Gasteiger partial charge >= 0.3 is 0 Å². The van der Waals surface area contributed by atoms with E-state index in [1.807, 2.05) is 48.1 Å². The molecule has 24 heavy (non-hydrogen) atoms. The molecule has 0 atom stereocenters. The van der Waals surface area contributed by atoms with E-state index in [2.05, 4.69) is 15.6 Å². The normalized spacial score (nSPS) is 10.8. The predicted molar refractivity (Wildman–Crippen MR) is 89.6 cm³/mol. The largest absolute Gasteiger partial charge is 0.361 e. The van der Waals surface area contributed by atoms with Gasteiger partial charge in [-0.05, 0) is 30.5 Å². The Morgan fingerprint density at radius 3 is 2.75 bits per heavy atom. The molecule has 6 heteroatoms. The van der Waals surface area contributed by atoms with E-state index in [-0.39, 0.29) is 5.91 Å². The maximum Gasteiger partial charge on any atom is 0.257 e. The predicted octanol–water partition coefficient (Wildman–Crippen LogP) is 2.72. The van der Waals surface area contributed by atoms with Gasteiger partial charge in [0.05, 0.1) is 12.2 Å². The van der Waals surface area contributed by atoms with Crippen LogP contribution >= 0.6 is 0 Å². The Hall–Kier alpha value is -2.89. The second-order valence-corrected chi connectivity index (χ2v) is 5.57. The number of rotatable bonds is 6. The summed E-state index contributed by atoms with van der Waals surface area (Å²) in [6, 6.07) is 9.91. The molecule has 1 N–H and O–H groups in total. The van der Waals surface area contributed by atoms with Gasteiger partial charge in [-0.3, -0.25) is 9.48 Å². The van der Waals surface area contributed by atoms with Gasteiger partial charge in [-0.25, -0.2) is 0 Å². The monoisotopic (exact) mass is 324 g/mol. The summed E-state index contributed by atoms with van der Waals surface area (Å²) in [7, 11) is 0. The zero-order chi connectivity index (χ0) is 16.9. The van der Waals surface area contributed by atoms with Gasteiger partial charge in [0, 0.05) is 18.9 Å². The lowest BCUT2D eigenvalue weighted by Gasteiger charge is -2.11. The van der Waals surface area contributed by atoms with Crippen molar-refractivity contribution in [2.45, 2.75) is 33.4 Å². The van der Waals surface area contributed by atoms with Crippen LogP contribution in [0.15, 0.2) is 47.2 Å². The number of nitrogens with one attached hydrogen (secondary N) is 1. The van der Waals surface area contributed by atoms with Gasteiger partial charge in [-0.1, -0.05) is 36.3 Å². The van der Waals surface area contributed by atoms with Crippen molar-refractivity contribution in [1.82, 2.24) is 20.3 Å². The summed E-state index contributed by atoms with van der Waals surface area (Å²) in [6.07, 6.45) is 4.34. The topological polar surface area (TPSA) is 73.0 Å². The molecule has 0 fully saturated rings. The SMILES string of the molecule is CCc1noc(C)c1C(=O)NCc1ccccc1Cn1cccn1. The molecule has 3 rings (SSSR count). The maximum atomic E-state index is 12.5. The van der Waals surface area contributed by atoms with Crippen molar-refractivity contribution in [2.24, 2.45) is 0 Å². The minimum atomic E-state index is -0.153. The number of hydrogen-bond donors (Lipinski definition) is 1. The minimum Gasteiger partial charge on any atom is -0.361 e. The molecule has 124 valence electrons. The highest BCUT2D eigenvalue weighted by molar-refractivity contribution is 5.96. The number of benzene rings is 1. The Labute approximate surface area is 140 Å². The highest BCUT2D eigenvalue weighted by Crippen LogP contribution is 2.15. The van der Waals surface area contributed by atoms with Crippen LogP contribution in [0.25, 0.3) is 0 Å². The lowest BCUT2D eigenvalue weighted by Crippen LogP contribution is -2.25. The van der Waals surface area contributed by atoms with E-state index in [0.717, 1.165) is 11.1 Å². The van der Waals surface area contributed by atoms with E-state index in [4.69, 9.17) is 4.52 Å². The average Bonchev–Trinajstić information content (AvgIpc) is 3.23. The Morgan fingerprint density at radius 1 is 1.25 bits per heavy atom. The fourth-order valence-corrected chi connectivity index (χ4v) is 2.67. The summed E-state index contributed by atoms with van der Waals surface area (Å²) in [5, 5.41) is 11.1. The van der Waals surface area contributed by atoms with Crippen molar-refractivity contribution in [2.75, 3.05) is 0 Å². The van der Waals surface area contributed by atoms with Crippen molar-refractivity contribution >= 4 is 5.91 Å². The molecule has 0 aliphatic rings. The Bertz CT molecular complexity index is 821. The standard InChI is InChI=1S/C18H20N4O2/c1-3-16-17(13(2)24-21-16)18(23)19-11-14-7-4-5-8-15(14)12-22-10-6-9-20-22/h4-10H,3,11-12H2,1-2H3,(H,19,23). The number of aryl methyl sites for hydroxylation is 2. The summed E-state index contributed by atoms with van der Waals surface area (Å²) in [5.41, 5.74) is 3.42. The fourth-order valence-electron chi connectivity index (χ4n) is 2.67. The highest BCUT2D eigenvalue weighted by Gasteiger charge is 2.19. The van der Waals surface area contributed by atoms with Crippen LogP contribution in [0.5, 0.6) is 0 Å². The number of carbonyl (C=O) groups is 1. The Balaban J connectivity index is 1.73. The molecular weight excluding hydrogens is 304 g/mol. The molecule has 0 aliphatic carbocycles. The Morgan fingerprint density at radius 2 is 2.04 bits per heavy atom. The van der Waals surface area contributed by atoms with Gasteiger partial charge in [0.25, 0.3) is 5.91 Å². The van der Waals surface area contributed by atoms with Crippen molar-refractivity contribution in [3.8, 4) is 0 Å². The number of aromatic nitrogens is 3. The molecular formula is C18H20N4O2. The van der Waals surface area contributed by atoms with E-state index in [0.29, 0.717) is 36.5 Å². The molecule has 6 nitrogen and oxygen atoms in total. The number of nitrogens with zero attached hydrogens (tertiary/aromatic N) is 3. The number of hydrogen-bond acceptors (Lipinski definition) is 4. The second kappa shape index (κ2) is 7.12. The first kappa shape index (κ1) is 16.0. The third-order valence-corrected chi connectivity index (χ3v) is 3.94. The first-order chi connectivity index (χ1) is 11.7. The molecule has 2 heterocycles. The third-order valence-electron chi connectivity index (χ3n) is 3.94. The molecule has 0 radical (unpaired) electrons. The summed E-state index contributed by atoms with van der Waals surface area (Å²) < 4.78 is 6.99. The minimum absolute atomic E-state index is 0.153. The summed E-state index contributed by atoms with van der Waals surface area (Å²) >= 11 is 0. The van der Waals surface area contributed by atoms with Gasteiger partial charge in [0.15, 0.2) is 0 Å². The van der Waals surface area contributed by atoms with E-state index >= 15 is 0 Å². The summed E-state index contributed by atoms with van der Waals surface area (Å²) in [6.45, 7) is 4.83. The molecule has 1 aromatic carbocycles. The van der Waals surface area contributed by atoms with E-state index in [1.54, 1.807) is 13.1 Å². The van der Waals surface area contributed by atoms with Crippen molar-refractivity contribution < 1.29 is 9.32 Å². The molecule has 0 saturated carbocycles.